The summed E-state index contributed by atoms with van der Waals surface area (Å²) in [6, 6.07) is 0.455. The lowest BCUT2D eigenvalue weighted by Gasteiger charge is -2.23. The summed E-state index contributed by atoms with van der Waals surface area (Å²) in [5.41, 5.74) is 0. The number of nitrogens with zero attached hydrogens (tertiary/aromatic N) is 1. The van der Waals surface area contributed by atoms with Crippen LogP contribution in [0, 0.1) is 0 Å². The predicted molar refractivity (Wildman–Crippen MR) is 55.9 cm³/mol. The fourth-order valence-corrected chi connectivity index (χ4v) is 2.06. The van der Waals surface area contributed by atoms with Gasteiger partial charge in [-0.15, -0.1) is 0 Å². The first-order valence-corrected chi connectivity index (χ1v) is 5.62. The Morgan fingerprint density at radius 1 is 1.64 bits per heavy atom. The van der Waals surface area contributed by atoms with E-state index in [2.05, 4.69) is 6.92 Å². The van der Waals surface area contributed by atoms with Crippen molar-refractivity contribution >= 4 is 5.91 Å². The SMILES string of the molecule is CCC1CCCN1C(=O)CCC(C)O. The van der Waals surface area contributed by atoms with Crippen molar-refractivity contribution in [2.45, 2.75) is 58.1 Å². The number of aliphatic hydroxyl groups is 1. The van der Waals surface area contributed by atoms with Gasteiger partial charge in [-0.25, -0.2) is 0 Å². The van der Waals surface area contributed by atoms with Crippen LogP contribution in [0.4, 0.5) is 0 Å². The summed E-state index contributed by atoms with van der Waals surface area (Å²) < 4.78 is 0. The Morgan fingerprint density at radius 2 is 2.36 bits per heavy atom. The topological polar surface area (TPSA) is 40.5 Å². The highest BCUT2D eigenvalue weighted by atomic mass is 16.3. The van der Waals surface area contributed by atoms with Crippen molar-refractivity contribution in [3.63, 3.8) is 0 Å². The maximum atomic E-state index is 11.7. The van der Waals surface area contributed by atoms with E-state index in [4.69, 9.17) is 5.11 Å². The molecule has 1 rings (SSSR count). The molecule has 1 aliphatic heterocycles. The fraction of sp³-hybridized carbons (Fsp3) is 0.909. The Bertz CT molecular complexity index is 192. The molecule has 1 aliphatic rings. The van der Waals surface area contributed by atoms with Crippen molar-refractivity contribution in [3.05, 3.63) is 0 Å². The van der Waals surface area contributed by atoms with Gasteiger partial charge < -0.3 is 10.0 Å². The number of aliphatic hydroxyl groups excluding tert-OH is 1. The number of amides is 1. The molecule has 3 nitrogen and oxygen atoms in total. The van der Waals surface area contributed by atoms with Gasteiger partial charge in [-0.3, -0.25) is 4.79 Å². The summed E-state index contributed by atoms with van der Waals surface area (Å²) in [7, 11) is 0. The van der Waals surface area contributed by atoms with E-state index < -0.39 is 0 Å². The molecular formula is C11H21NO2. The Balaban J connectivity index is 2.35. The molecule has 0 bridgehead atoms. The minimum Gasteiger partial charge on any atom is -0.393 e. The van der Waals surface area contributed by atoms with Crippen LogP contribution in [-0.2, 0) is 4.79 Å². The van der Waals surface area contributed by atoms with Crippen molar-refractivity contribution in [3.8, 4) is 0 Å². The van der Waals surface area contributed by atoms with E-state index >= 15 is 0 Å². The molecule has 0 aromatic heterocycles. The molecule has 1 amide bonds. The number of carbonyl (C=O) groups is 1. The van der Waals surface area contributed by atoms with Crippen LogP contribution < -0.4 is 0 Å². The van der Waals surface area contributed by atoms with Crippen LogP contribution in [0.15, 0.2) is 0 Å². The van der Waals surface area contributed by atoms with E-state index in [1.54, 1.807) is 6.92 Å². The van der Waals surface area contributed by atoms with Crippen molar-refractivity contribution in [2.75, 3.05) is 6.54 Å². The second-order valence-electron chi connectivity index (χ2n) is 4.18. The van der Waals surface area contributed by atoms with Gasteiger partial charge in [0.15, 0.2) is 0 Å². The first-order chi connectivity index (χ1) is 6.65. The smallest absolute Gasteiger partial charge is 0.222 e. The van der Waals surface area contributed by atoms with Crippen molar-refractivity contribution in [1.82, 2.24) is 4.90 Å². The molecule has 82 valence electrons. The van der Waals surface area contributed by atoms with E-state index in [1.165, 1.54) is 0 Å². The molecular weight excluding hydrogens is 178 g/mol. The molecule has 1 saturated heterocycles. The van der Waals surface area contributed by atoms with E-state index in [0.717, 1.165) is 25.8 Å². The molecule has 0 aromatic carbocycles. The highest BCUT2D eigenvalue weighted by molar-refractivity contribution is 5.76. The molecule has 1 N–H and O–H groups in total. The number of rotatable bonds is 4. The monoisotopic (exact) mass is 199 g/mol. The summed E-state index contributed by atoms with van der Waals surface area (Å²) in [6.07, 6.45) is 4.07. The summed E-state index contributed by atoms with van der Waals surface area (Å²) in [5.74, 6) is 0.218. The van der Waals surface area contributed by atoms with E-state index in [0.29, 0.717) is 18.9 Å². The average molecular weight is 199 g/mol. The molecule has 14 heavy (non-hydrogen) atoms. The molecule has 1 heterocycles. The minimum atomic E-state index is -0.360. The first-order valence-electron chi connectivity index (χ1n) is 5.62. The third-order valence-electron chi connectivity index (χ3n) is 2.94. The van der Waals surface area contributed by atoms with Gasteiger partial charge in [0, 0.05) is 19.0 Å². The van der Waals surface area contributed by atoms with Crippen LogP contribution in [-0.4, -0.2) is 34.6 Å². The highest BCUT2D eigenvalue weighted by Gasteiger charge is 2.26. The molecule has 2 atom stereocenters. The molecule has 0 aromatic rings. The maximum absolute atomic E-state index is 11.7. The maximum Gasteiger partial charge on any atom is 0.222 e. The number of likely N-dealkylation sites (tertiary alicyclic amines) is 1. The van der Waals surface area contributed by atoms with Crippen LogP contribution >= 0.6 is 0 Å². The predicted octanol–water partition coefficient (Wildman–Crippen LogP) is 1.55. The Hall–Kier alpha value is -0.570. The molecule has 0 radical (unpaired) electrons. The van der Waals surface area contributed by atoms with Gasteiger partial charge >= 0.3 is 0 Å². The van der Waals surface area contributed by atoms with Gasteiger partial charge in [0.2, 0.25) is 5.91 Å². The third kappa shape index (κ3) is 2.98. The molecule has 3 heteroatoms. The Kier molecular flexibility index (Phi) is 4.39. The van der Waals surface area contributed by atoms with Gasteiger partial charge in [0.1, 0.15) is 0 Å². The number of carbonyl (C=O) groups excluding carboxylic acids is 1. The van der Waals surface area contributed by atoms with E-state index in [1.807, 2.05) is 4.90 Å². The third-order valence-corrected chi connectivity index (χ3v) is 2.94. The molecule has 0 aliphatic carbocycles. The van der Waals surface area contributed by atoms with Crippen LogP contribution in [0.3, 0.4) is 0 Å². The van der Waals surface area contributed by atoms with E-state index in [-0.39, 0.29) is 12.0 Å². The molecule has 1 fully saturated rings. The second kappa shape index (κ2) is 5.35. The summed E-state index contributed by atoms with van der Waals surface area (Å²) in [6.45, 7) is 4.77. The van der Waals surface area contributed by atoms with Crippen molar-refractivity contribution < 1.29 is 9.90 Å². The lowest BCUT2D eigenvalue weighted by molar-refractivity contribution is -0.132. The zero-order chi connectivity index (χ0) is 10.6. The average Bonchev–Trinajstić information content (AvgIpc) is 2.61. The van der Waals surface area contributed by atoms with Gasteiger partial charge in [0.05, 0.1) is 6.10 Å². The summed E-state index contributed by atoms with van der Waals surface area (Å²) in [4.78, 5) is 13.7. The Labute approximate surface area is 86.1 Å². The molecule has 2 unspecified atom stereocenters. The second-order valence-corrected chi connectivity index (χ2v) is 4.18. The van der Waals surface area contributed by atoms with Crippen LogP contribution in [0.1, 0.15) is 46.0 Å². The zero-order valence-corrected chi connectivity index (χ0v) is 9.20. The number of hydrogen-bond acceptors (Lipinski definition) is 2. The zero-order valence-electron chi connectivity index (χ0n) is 9.20. The quantitative estimate of drug-likeness (QED) is 0.746. The first kappa shape index (κ1) is 11.5. The van der Waals surface area contributed by atoms with Crippen LogP contribution in [0.2, 0.25) is 0 Å². The van der Waals surface area contributed by atoms with Gasteiger partial charge in [-0.1, -0.05) is 6.92 Å². The van der Waals surface area contributed by atoms with E-state index in [9.17, 15) is 4.79 Å². The fourth-order valence-electron chi connectivity index (χ4n) is 2.06. The normalized spacial score (nSPS) is 23.9. The Morgan fingerprint density at radius 3 is 2.93 bits per heavy atom. The van der Waals surface area contributed by atoms with Gasteiger partial charge in [0.25, 0.3) is 0 Å². The standard InChI is InChI=1S/C11H21NO2/c1-3-10-5-4-8-12(10)11(14)7-6-9(2)13/h9-10,13H,3-8H2,1-2H3. The lowest BCUT2D eigenvalue weighted by atomic mass is 10.1. The molecule has 0 saturated carbocycles. The largest absolute Gasteiger partial charge is 0.393 e. The summed E-state index contributed by atoms with van der Waals surface area (Å²) >= 11 is 0. The molecule has 0 spiro atoms. The van der Waals surface area contributed by atoms with Crippen LogP contribution in [0.5, 0.6) is 0 Å². The van der Waals surface area contributed by atoms with Gasteiger partial charge in [-0.05, 0) is 32.6 Å². The minimum absolute atomic E-state index is 0.218. The van der Waals surface area contributed by atoms with Crippen molar-refractivity contribution in [2.24, 2.45) is 0 Å². The van der Waals surface area contributed by atoms with Gasteiger partial charge in [-0.2, -0.15) is 0 Å². The number of hydrogen-bond donors (Lipinski definition) is 1. The lowest BCUT2D eigenvalue weighted by Crippen LogP contribution is -2.35. The van der Waals surface area contributed by atoms with Crippen LogP contribution in [0.25, 0.3) is 0 Å². The van der Waals surface area contributed by atoms with Crippen molar-refractivity contribution in [1.29, 1.82) is 0 Å². The highest BCUT2D eigenvalue weighted by Crippen LogP contribution is 2.21. The summed E-state index contributed by atoms with van der Waals surface area (Å²) in [5, 5.41) is 9.10.